The largest absolute Gasteiger partial charge is 0.481 e. The Kier molecular flexibility index (Phi) is 4.91. The van der Waals surface area contributed by atoms with Crippen LogP contribution in [0.3, 0.4) is 0 Å². The van der Waals surface area contributed by atoms with Gasteiger partial charge in [-0.3, -0.25) is 9.36 Å². The number of hydrogen-bond donors (Lipinski definition) is 1. The van der Waals surface area contributed by atoms with Crippen LogP contribution in [0.5, 0.6) is 0 Å². The summed E-state index contributed by atoms with van der Waals surface area (Å²) in [4.78, 5) is 13.0. The fraction of sp³-hybridized carbons (Fsp3) is 0.769. The molecule has 1 aliphatic heterocycles. The Balaban J connectivity index is 2.22. The van der Waals surface area contributed by atoms with E-state index in [4.69, 9.17) is 5.11 Å². The van der Waals surface area contributed by atoms with Gasteiger partial charge in [0.2, 0.25) is 5.95 Å². The van der Waals surface area contributed by atoms with Gasteiger partial charge in [-0.05, 0) is 25.7 Å². The van der Waals surface area contributed by atoms with Gasteiger partial charge in [0.1, 0.15) is 0 Å². The molecule has 0 aliphatic carbocycles. The van der Waals surface area contributed by atoms with E-state index in [0.29, 0.717) is 17.1 Å². The highest BCUT2D eigenvalue weighted by atomic mass is 32.2. The van der Waals surface area contributed by atoms with Crippen LogP contribution in [0.1, 0.15) is 33.6 Å². The molecular weight excluding hydrogens is 276 g/mol. The van der Waals surface area contributed by atoms with E-state index in [9.17, 15) is 4.79 Å². The molecule has 1 saturated heterocycles. The number of thioether (sulfide) groups is 1. The number of carbonyl (C=O) groups is 1. The van der Waals surface area contributed by atoms with Crippen LogP contribution in [-0.4, -0.2) is 44.2 Å². The molecule has 1 aliphatic rings. The number of anilines is 1. The lowest BCUT2D eigenvalue weighted by molar-refractivity contribution is -0.133. The van der Waals surface area contributed by atoms with E-state index in [1.807, 2.05) is 0 Å². The Morgan fingerprint density at radius 2 is 2.20 bits per heavy atom. The van der Waals surface area contributed by atoms with E-state index in [-0.39, 0.29) is 5.75 Å². The van der Waals surface area contributed by atoms with E-state index in [1.165, 1.54) is 11.8 Å². The maximum Gasteiger partial charge on any atom is 0.313 e. The number of carboxylic acids is 1. The van der Waals surface area contributed by atoms with Crippen LogP contribution in [0, 0.1) is 5.92 Å². The summed E-state index contributed by atoms with van der Waals surface area (Å²) in [5.74, 6) is 0.739. The van der Waals surface area contributed by atoms with Gasteiger partial charge in [-0.25, -0.2) is 0 Å². The molecule has 1 N–H and O–H groups in total. The molecule has 7 heteroatoms. The van der Waals surface area contributed by atoms with Crippen LogP contribution in [0.25, 0.3) is 0 Å². The molecule has 1 fully saturated rings. The van der Waals surface area contributed by atoms with E-state index >= 15 is 0 Å². The van der Waals surface area contributed by atoms with Gasteiger partial charge in [-0.2, -0.15) is 0 Å². The molecule has 2 unspecified atom stereocenters. The quantitative estimate of drug-likeness (QED) is 0.811. The first-order valence-electron chi connectivity index (χ1n) is 7.07. The molecule has 0 amide bonds. The molecule has 0 saturated carbocycles. The molecule has 2 rings (SSSR count). The summed E-state index contributed by atoms with van der Waals surface area (Å²) in [6, 6.07) is 0.460. The van der Waals surface area contributed by atoms with Crippen molar-refractivity contribution in [3.8, 4) is 0 Å². The van der Waals surface area contributed by atoms with Crippen molar-refractivity contribution in [2.75, 3.05) is 17.2 Å². The van der Waals surface area contributed by atoms with Crippen molar-refractivity contribution in [3.63, 3.8) is 0 Å². The first-order chi connectivity index (χ1) is 9.52. The molecule has 1 aromatic heterocycles. The fourth-order valence-electron chi connectivity index (χ4n) is 2.72. The smallest absolute Gasteiger partial charge is 0.313 e. The van der Waals surface area contributed by atoms with Gasteiger partial charge in [0.05, 0.1) is 5.75 Å². The van der Waals surface area contributed by atoms with E-state index < -0.39 is 5.97 Å². The summed E-state index contributed by atoms with van der Waals surface area (Å²) < 4.78 is 2.06. The Bertz CT molecular complexity index is 477. The summed E-state index contributed by atoms with van der Waals surface area (Å²) in [6.07, 6.45) is 2.14. The predicted molar refractivity (Wildman–Crippen MR) is 79.3 cm³/mol. The number of aromatic nitrogens is 3. The first-order valence-corrected chi connectivity index (χ1v) is 8.05. The number of hydrogen-bond acceptors (Lipinski definition) is 5. The van der Waals surface area contributed by atoms with E-state index in [0.717, 1.165) is 31.9 Å². The molecule has 0 spiro atoms. The number of rotatable bonds is 6. The summed E-state index contributed by atoms with van der Waals surface area (Å²) in [5, 5.41) is 18.0. The van der Waals surface area contributed by atoms with Gasteiger partial charge in [-0.15, -0.1) is 10.2 Å². The molecule has 2 atom stereocenters. The Hall–Kier alpha value is -1.24. The molecule has 0 bridgehead atoms. The number of carboxylic acid groups (broad SMARTS) is 1. The van der Waals surface area contributed by atoms with Crippen LogP contribution in [-0.2, 0) is 11.3 Å². The lowest BCUT2D eigenvalue weighted by atomic mass is 10.1. The first kappa shape index (κ1) is 15.2. The van der Waals surface area contributed by atoms with Gasteiger partial charge in [0.15, 0.2) is 5.16 Å². The third-order valence-corrected chi connectivity index (χ3v) is 4.46. The zero-order valence-corrected chi connectivity index (χ0v) is 13.1. The van der Waals surface area contributed by atoms with Gasteiger partial charge in [0, 0.05) is 19.1 Å². The monoisotopic (exact) mass is 298 g/mol. The second kappa shape index (κ2) is 6.47. The molecule has 112 valence electrons. The third kappa shape index (κ3) is 3.26. The Morgan fingerprint density at radius 1 is 1.45 bits per heavy atom. The van der Waals surface area contributed by atoms with Gasteiger partial charge in [0.25, 0.3) is 0 Å². The topological polar surface area (TPSA) is 71.2 Å². The fourth-order valence-corrected chi connectivity index (χ4v) is 3.40. The summed E-state index contributed by atoms with van der Waals surface area (Å²) >= 11 is 1.24. The Morgan fingerprint density at radius 3 is 2.75 bits per heavy atom. The summed E-state index contributed by atoms with van der Waals surface area (Å²) in [5.41, 5.74) is 0. The predicted octanol–water partition coefficient (Wildman–Crippen LogP) is 2.10. The third-order valence-electron chi connectivity index (χ3n) is 3.51. The average Bonchev–Trinajstić information content (AvgIpc) is 2.91. The highest BCUT2D eigenvalue weighted by Gasteiger charge is 2.30. The highest BCUT2D eigenvalue weighted by molar-refractivity contribution is 7.99. The van der Waals surface area contributed by atoms with Crippen molar-refractivity contribution in [3.05, 3.63) is 0 Å². The molecule has 20 heavy (non-hydrogen) atoms. The summed E-state index contributed by atoms with van der Waals surface area (Å²) in [7, 11) is 0. The number of aliphatic carboxylic acids is 1. The zero-order valence-electron chi connectivity index (χ0n) is 12.2. The second-order valence-corrected chi connectivity index (χ2v) is 6.40. The number of nitrogens with zero attached hydrogens (tertiary/aromatic N) is 4. The van der Waals surface area contributed by atoms with Crippen molar-refractivity contribution in [1.29, 1.82) is 0 Å². The van der Waals surface area contributed by atoms with Gasteiger partial charge < -0.3 is 10.0 Å². The average molecular weight is 298 g/mol. The van der Waals surface area contributed by atoms with Crippen molar-refractivity contribution in [1.82, 2.24) is 14.8 Å². The maximum atomic E-state index is 10.7. The molecule has 6 nitrogen and oxygen atoms in total. The van der Waals surface area contributed by atoms with Crippen molar-refractivity contribution >= 4 is 23.7 Å². The molecule has 0 aromatic carbocycles. The standard InChI is InChI=1S/C13H22N4O2S/c1-4-5-16-12(17-7-9(2)6-10(17)3)14-15-13(16)20-8-11(18)19/h9-10H,4-8H2,1-3H3,(H,18,19). The molecule has 1 aromatic rings. The SMILES string of the molecule is CCCn1c(SCC(=O)O)nnc1N1CC(C)CC1C. The van der Waals surface area contributed by atoms with Crippen LogP contribution >= 0.6 is 11.8 Å². The molecule has 2 heterocycles. The van der Waals surface area contributed by atoms with E-state index in [1.54, 1.807) is 0 Å². The lowest BCUT2D eigenvalue weighted by Gasteiger charge is -2.23. The van der Waals surface area contributed by atoms with E-state index in [2.05, 4.69) is 40.4 Å². The van der Waals surface area contributed by atoms with Crippen LogP contribution < -0.4 is 4.90 Å². The summed E-state index contributed by atoms with van der Waals surface area (Å²) in [6.45, 7) is 8.37. The Labute approximate surface area is 123 Å². The highest BCUT2D eigenvalue weighted by Crippen LogP contribution is 2.30. The minimum atomic E-state index is -0.828. The van der Waals surface area contributed by atoms with Gasteiger partial charge in [-0.1, -0.05) is 25.6 Å². The van der Waals surface area contributed by atoms with Gasteiger partial charge >= 0.3 is 5.97 Å². The molecule has 0 radical (unpaired) electrons. The van der Waals surface area contributed by atoms with Crippen molar-refractivity contribution < 1.29 is 9.90 Å². The minimum Gasteiger partial charge on any atom is -0.481 e. The van der Waals surface area contributed by atoms with Crippen LogP contribution in [0.15, 0.2) is 5.16 Å². The maximum absolute atomic E-state index is 10.7. The zero-order chi connectivity index (χ0) is 14.7. The second-order valence-electron chi connectivity index (χ2n) is 5.46. The lowest BCUT2D eigenvalue weighted by Crippen LogP contribution is -2.29. The normalized spacial score (nSPS) is 22.4. The molecular formula is C13H22N4O2S. The van der Waals surface area contributed by atoms with Crippen LogP contribution in [0.4, 0.5) is 5.95 Å². The van der Waals surface area contributed by atoms with Crippen LogP contribution in [0.2, 0.25) is 0 Å². The van der Waals surface area contributed by atoms with Crippen molar-refractivity contribution in [2.24, 2.45) is 5.92 Å². The minimum absolute atomic E-state index is 0.0216. The van der Waals surface area contributed by atoms with Crippen molar-refractivity contribution in [2.45, 2.75) is 51.4 Å².